The van der Waals surface area contributed by atoms with Gasteiger partial charge in [0.25, 0.3) is 0 Å². The van der Waals surface area contributed by atoms with Crippen LogP contribution in [0.1, 0.15) is 28.4 Å². The first-order valence-corrected chi connectivity index (χ1v) is 7.01. The maximum absolute atomic E-state index is 13.4. The Morgan fingerprint density at radius 1 is 1.10 bits per heavy atom. The van der Waals surface area contributed by atoms with E-state index in [1.807, 2.05) is 26.0 Å². The van der Waals surface area contributed by atoms with Crippen molar-refractivity contribution >= 4 is 15.9 Å². The lowest BCUT2D eigenvalue weighted by atomic mass is 9.95. The van der Waals surface area contributed by atoms with Gasteiger partial charge in [0.15, 0.2) is 0 Å². The van der Waals surface area contributed by atoms with Crippen LogP contribution in [-0.2, 0) is 0 Å². The summed E-state index contributed by atoms with van der Waals surface area (Å²) in [7, 11) is 1.61. The van der Waals surface area contributed by atoms with E-state index in [1.54, 1.807) is 13.2 Å². The van der Waals surface area contributed by atoms with Gasteiger partial charge in [0.2, 0.25) is 0 Å². The van der Waals surface area contributed by atoms with Crippen LogP contribution in [0.25, 0.3) is 0 Å². The second-order valence-corrected chi connectivity index (χ2v) is 5.70. The van der Waals surface area contributed by atoms with Crippen molar-refractivity contribution in [1.82, 2.24) is 0 Å². The van der Waals surface area contributed by atoms with E-state index in [2.05, 4.69) is 15.9 Å². The van der Waals surface area contributed by atoms with Gasteiger partial charge >= 0.3 is 0 Å². The molecule has 0 aliphatic heterocycles. The van der Waals surface area contributed by atoms with Crippen LogP contribution in [-0.4, -0.2) is 12.2 Å². The van der Waals surface area contributed by atoms with Crippen LogP contribution in [0.5, 0.6) is 5.75 Å². The van der Waals surface area contributed by atoms with E-state index < -0.39 is 6.10 Å². The van der Waals surface area contributed by atoms with Crippen molar-refractivity contribution in [2.75, 3.05) is 7.11 Å². The van der Waals surface area contributed by atoms with E-state index >= 15 is 0 Å². The summed E-state index contributed by atoms with van der Waals surface area (Å²) in [6.07, 6.45) is -0.869. The highest BCUT2D eigenvalue weighted by Crippen LogP contribution is 2.31. The first kappa shape index (κ1) is 15.0. The number of aryl methyl sites for hydroxylation is 2. The van der Waals surface area contributed by atoms with Gasteiger partial charge in [-0.05, 0) is 66.4 Å². The van der Waals surface area contributed by atoms with Gasteiger partial charge in [0.05, 0.1) is 7.11 Å². The molecule has 0 bridgehead atoms. The number of methoxy groups -OCH3 is 1. The smallest absolute Gasteiger partial charge is 0.124 e. The number of aliphatic hydroxyl groups is 1. The second kappa shape index (κ2) is 5.94. The van der Waals surface area contributed by atoms with Crippen molar-refractivity contribution < 1.29 is 14.2 Å². The summed E-state index contributed by atoms with van der Waals surface area (Å²) in [5.74, 6) is 0.398. The van der Waals surface area contributed by atoms with E-state index in [1.165, 1.54) is 12.1 Å². The van der Waals surface area contributed by atoms with Crippen LogP contribution in [0.15, 0.2) is 34.8 Å². The molecule has 2 aromatic carbocycles. The van der Waals surface area contributed by atoms with Crippen LogP contribution in [0.2, 0.25) is 0 Å². The maximum Gasteiger partial charge on any atom is 0.124 e. The number of aliphatic hydroxyl groups excluding tert-OH is 1. The average Bonchev–Trinajstić information content (AvgIpc) is 2.39. The lowest BCUT2D eigenvalue weighted by Crippen LogP contribution is -2.04. The molecule has 0 aliphatic rings. The minimum atomic E-state index is -0.869. The second-order valence-electron chi connectivity index (χ2n) is 4.78. The molecule has 0 amide bonds. The fourth-order valence-corrected chi connectivity index (χ4v) is 2.72. The molecule has 0 saturated heterocycles. The Balaban J connectivity index is 2.47. The molecule has 0 fully saturated rings. The average molecular weight is 339 g/mol. The molecule has 0 aliphatic carbocycles. The number of hydrogen-bond donors (Lipinski definition) is 1. The zero-order valence-corrected chi connectivity index (χ0v) is 13.2. The quantitative estimate of drug-likeness (QED) is 0.904. The van der Waals surface area contributed by atoms with Crippen LogP contribution in [0.4, 0.5) is 4.39 Å². The highest BCUT2D eigenvalue weighted by Gasteiger charge is 2.16. The highest BCUT2D eigenvalue weighted by atomic mass is 79.9. The maximum atomic E-state index is 13.4. The van der Waals surface area contributed by atoms with Gasteiger partial charge < -0.3 is 9.84 Å². The van der Waals surface area contributed by atoms with Gasteiger partial charge in [0.1, 0.15) is 17.7 Å². The fraction of sp³-hybridized carbons (Fsp3) is 0.250. The molecule has 4 heteroatoms. The predicted octanol–water partition coefficient (Wildman–Crippen LogP) is 4.30. The monoisotopic (exact) mass is 338 g/mol. The Labute approximate surface area is 126 Å². The molecule has 2 aromatic rings. The molecule has 0 heterocycles. The highest BCUT2D eigenvalue weighted by molar-refractivity contribution is 9.10. The summed E-state index contributed by atoms with van der Waals surface area (Å²) in [6.45, 7) is 3.81. The van der Waals surface area contributed by atoms with Crippen LogP contribution >= 0.6 is 15.9 Å². The molecule has 2 nitrogen and oxygen atoms in total. The summed E-state index contributed by atoms with van der Waals surface area (Å²) in [4.78, 5) is 0. The molecule has 20 heavy (non-hydrogen) atoms. The Kier molecular flexibility index (Phi) is 4.45. The van der Waals surface area contributed by atoms with Gasteiger partial charge in [-0.25, -0.2) is 4.39 Å². The number of benzene rings is 2. The first-order valence-electron chi connectivity index (χ1n) is 6.21. The SMILES string of the molecule is COc1cc(C)c(C(O)c2cc(F)cc(Br)c2)cc1C. The Hall–Kier alpha value is -1.39. The summed E-state index contributed by atoms with van der Waals surface area (Å²) in [5.41, 5.74) is 3.10. The van der Waals surface area contributed by atoms with Crippen LogP contribution in [0.3, 0.4) is 0 Å². The van der Waals surface area contributed by atoms with Gasteiger partial charge in [-0.3, -0.25) is 0 Å². The summed E-state index contributed by atoms with van der Waals surface area (Å²) >= 11 is 3.24. The van der Waals surface area contributed by atoms with Crippen molar-refractivity contribution in [2.45, 2.75) is 20.0 Å². The lowest BCUT2D eigenvalue weighted by Gasteiger charge is -2.17. The number of halogens is 2. The molecule has 0 saturated carbocycles. The number of hydrogen-bond acceptors (Lipinski definition) is 2. The van der Waals surface area contributed by atoms with Gasteiger partial charge in [0, 0.05) is 4.47 Å². The molecule has 106 valence electrons. The Morgan fingerprint density at radius 2 is 1.80 bits per heavy atom. The summed E-state index contributed by atoms with van der Waals surface area (Å²) < 4.78 is 19.3. The Morgan fingerprint density at radius 3 is 2.40 bits per heavy atom. The summed E-state index contributed by atoms with van der Waals surface area (Å²) in [6, 6.07) is 8.17. The third-order valence-corrected chi connectivity index (χ3v) is 3.74. The standard InChI is InChI=1S/C16H16BrFO2/c1-9-5-15(20-3)10(2)4-14(9)16(19)11-6-12(17)8-13(18)7-11/h4-8,16,19H,1-3H3. The van der Waals surface area contributed by atoms with E-state index in [0.29, 0.717) is 10.0 Å². The van der Waals surface area contributed by atoms with Crippen LogP contribution < -0.4 is 4.74 Å². The van der Waals surface area contributed by atoms with Crippen molar-refractivity contribution in [3.8, 4) is 5.75 Å². The van der Waals surface area contributed by atoms with Crippen molar-refractivity contribution in [1.29, 1.82) is 0 Å². The van der Waals surface area contributed by atoms with Gasteiger partial charge in [-0.1, -0.05) is 15.9 Å². The van der Waals surface area contributed by atoms with Gasteiger partial charge in [-0.15, -0.1) is 0 Å². The zero-order valence-electron chi connectivity index (χ0n) is 11.6. The molecule has 0 spiro atoms. The predicted molar refractivity (Wildman–Crippen MR) is 80.6 cm³/mol. The minimum Gasteiger partial charge on any atom is -0.496 e. The fourth-order valence-electron chi connectivity index (χ4n) is 2.24. The molecule has 2 rings (SSSR count). The molecular formula is C16H16BrFO2. The summed E-state index contributed by atoms with van der Waals surface area (Å²) in [5, 5.41) is 10.5. The molecule has 1 unspecified atom stereocenters. The Bertz CT molecular complexity index is 620. The molecule has 1 N–H and O–H groups in total. The largest absolute Gasteiger partial charge is 0.496 e. The van der Waals surface area contributed by atoms with E-state index in [-0.39, 0.29) is 5.82 Å². The lowest BCUT2D eigenvalue weighted by molar-refractivity contribution is 0.218. The first-order chi connectivity index (χ1) is 9.42. The third-order valence-electron chi connectivity index (χ3n) is 3.28. The molecule has 1 atom stereocenters. The zero-order chi connectivity index (χ0) is 14.9. The third kappa shape index (κ3) is 3.02. The topological polar surface area (TPSA) is 29.5 Å². The number of rotatable bonds is 3. The van der Waals surface area contributed by atoms with Crippen molar-refractivity contribution in [3.05, 3.63) is 62.9 Å². The van der Waals surface area contributed by atoms with E-state index in [9.17, 15) is 9.50 Å². The molecule has 0 radical (unpaired) electrons. The van der Waals surface area contributed by atoms with Crippen LogP contribution in [0, 0.1) is 19.7 Å². The molecular weight excluding hydrogens is 323 g/mol. The normalized spacial score (nSPS) is 12.3. The number of ether oxygens (including phenoxy) is 1. The van der Waals surface area contributed by atoms with E-state index in [0.717, 1.165) is 22.4 Å². The van der Waals surface area contributed by atoms with Crippen molar-refractivity contribution in [3.63, 3.8) is 0 Å². The van der Waals surface area contributed by atoms with Gasteiger partial charge in [-0.2, -0.15) is 0 Å². The minimum absolute atomic E-state index is 0.378. The van der Waals surface area contributed by atoms with Crippen molar-refractivity contribution in [2.24, 2.45) is 0 Å². The molecule has 0 aromatic heterocycles. The van der Waals surface area contributed by atoms with E-state index in [4.69, 9.17) is 4.74 Å².